The highest BCUT2D eigenvalue weighted by Gasteiger charge is 2.18. The van der Waals surface area contributed by atoms with Gasteiger partial charge in [-0.2, -0.15) is 5.10 Å². The lowest BCUT2D eigenvalue weighted by Gasteiger charge is -2.14. The number of nitrogens with one attached hydrogen (secondary N) is 2. The summed E-state index contributed by atoms with van der Waals surface area (Å²) in [5.74, 6) is -0.441. The lowest BCUT2D eigenvalue weighted by atomic mass is 10.1. The minimum Gasteiger partial charge on any atom is -0.493 e. The second-order valence-corrected chi connectivity index (χ2v) is 6.10. The number of methoxy groups -OCH3 is 3. The second-order valence-electron chi connectivity index (χ2n) is 6.10. The molecule has 1 aromatic carbocycles. The molecular weight excluding hydrogens is 396 g/mol. The molecule has 0 atom stereocenters. The van der Waals surface area contributed by atoms with E-state index in [0.717, 1.165) is 5.69 Å². The highest BCUT2D eigenvalue weighted by Crippen LogP contribution is 2.38. The summed E-state index contributed by atoms with van der Waals surface area (Å²) in [5, 5.41) is 9.08. The van der Waals surface area contributed by atoms with Gasteiger partial charge in [-0.15, -0.1) is 0 Å². The summed E-state index contributed by atoms with van der Waals surface area (Å²) in [4.78, 5) is 36.1. The summed E-state index contributed by atoms with van der Waals surface area (Å²) in [5.41, 5.74) is 0.931. The number of ether oxygens (including phenoxy) is 4. The Bertz CT molecular complexity index is 914. The Hall–Kier alpha value is -3.76. The van der Waals surface area contributed by atoms with Crippen molar-refractivity contribution < 1.29 is 33.3 Å². The van der Waals surface area contributed by atoms with Crippen LogP contribution in [0.25, 0.3) is 0 Å². The number of nitrogens with zero attached hydrogens (tertiary/aromatic N) is 2. The molecule has 0 aliphatic heterocycles. The molecule has 0 unspecified atom stereocenters. The SMILES string of the molecule is COc1cc(C(=O)NCC(=O)OCC(=O)Nc2cc(C)nn2C)cc(OC)c1OC. The van der Waals surface area contributed by atoms with Gasteiger partial charge in [-0.05, 0) is 19.1 Å². The molecule has 2 aromatic rings. The Balaban J connectivity index is 1.87. The Morgan fingerprint density at radius 3 is 2.17 bits per heavy atom. The van der Waals surface area contributed by atoms with Crippen molar-refractivity contribution in [2.24, 2.45) is 7.05 Å². The van der Waals surface area contributed by atoms with Crippen LogP contribution in [0.1, 0.15) is 16.1 Å². The highest BCUT2D eigenvalue weighted by molar-refractivity contribution is 5.97. The van der Waals surface area contributed by atoms with Crippen LogP contribution in [0.3, 0.4) is 0 Å². The van der Waals surface area contributed by atoms with Crippen molar-refractivity contribution in [2.45, 2.75) is 6.92 Å². The molecule has 162 valence electrons. The van der Waals surface area contributed by atoms with Gasteiger partial charge in [0.05, 0.1) is 27.0 Å². The van der Waals surface area contributed by atoms with E-state index in [1.165, 1.54) is 38.1 Å². The maximum atomic E-state index is 12.3. The van der Waals surface area contributed by atoms with E-state index in [1.807, 2.05) is 0 Å². The molecule has 11 nitrogen and oxygen atoms in total. The number of aryl methyl sites for hydroxylation is 2. The van der Waals surface area contributed by atoms with Gasteiger partial charge in [0.15, 0.2) is 18.1 Å². The van der Waals surface area contributed by atoms with E-state index in [1.54, 1.807) is 20.0 Å². The average Bonchev–Trinajstić information content (AvgIpc) is 3.05. The van der Waals surface area contributed by atoms with Crippen LogP contribution < -0.4 is 24.8 Å². The first-order valence-corrected chi connectivity index (χ1v) is 8.83. The summed E-state index contributed by atoms with van der Waals surface area (Å²) in [6.07, 6.45) is 0. The highest BCUT2D eigenvalue weighted by atomic mass is 16.5. The fraction of sp³-hybridized carbons (Fsp3) is 0.368. The molecule has 0 radical (unpaired) electrons. The van der Waals surface area contributed by atoms with Crippen LogP contribution in [-0.2, 0) is 21.4 Å². The molecule has 0 aliphatic carbocycles. The zero-order valence-corrected chi connectivity index (χ0v) is 17.4. The standard InChI is InChI=1S/C19H24N4O7/c1-11-6-15(23(2)22-11)21-16(24)10-30-17(25)9-20-19(26)12-7-13(27-3)18(29-5)14(8-12)28-4/h6-8H,9-10H2,1-5H3,(H,20,26)(H,21,24). The molecule has 0 aliphatic rings. The van der Waals surface area contributed by atoms with Crippen LogP contribution >= 0.6 is 0 Å². The van der Waals surface area contributed by atoms with Crippen LogP contribution in [0, 0.1) is 6.92 Å². The van der Waals surface area contributed by atoms with E-state index in [-0.39, 0.29) is 5.56 Å². The Morgan fingerprint density at radius 1 is 1.03 bits per heavy atom. The number of carbonyl (C=O) groups excluding carboxylic acids is 3. The van der Waals surface area contributed by atoms with Gasteiger partial charge in [0.2, 0.25) is 5.75 Å². The molecule has 1 heterocycles. The summed E-state index contributed by atoms with van der Waals surface area (Å²) in [6.45, 7) is 0.864. The predicted octanol–water partition coefficient (Wildman–Crippen LogP) is 0.666. The Morgan fingerprint density at radius 2 is 1.67 bits per heavy atom. The van der Waals surface area contributed by atoms with E-state index in [4.69, 9.17) is 18.9 Å². The number of amides is 2. The van der Waals surface area contributed by atoms with Gasteiger partial charge in [-0.1, -0.05) is 0 Å². The van der Waals surface area contributed by atoms with Crippen LogP contribution in [0.2, 0.25) is 0 Å². The average molecular weight is 420 g/mol. The molecule has 0 fully saturated rings. The third-order valence-electron chi connectivity index (χ3n) is 3.95. The lowest BCUT2D eigenvalue weighted by Crippen LogP contribution is -2.32. The Labute approximate surface area is 173 Å². The van der Waals surface area contributed by atoms with Crippen molar-refractivity contribution >= 4 is 23.6 Å². The smallest absolute Gasteiger partial charge is 0.325 e. The van der Waals surface area contributed by atoms with Crippen molar-refractivity contribution in [3.8, 4) is 17.2 Å². The van der Waals surface area contributed by atoms with Crippen molar-refractivity contribution in [2.75, 3.05) is 39.8 Å². The number of benzene rings is 1. The number of anilines is 1. The summed E-state index contributed by atoms with van der Waals surface area (Å²) in [7, 11) is 5.97. The molecule has 0 spiro atoms. The molecule has 0 saturated heterocycles. The fourth-order valence-electron chi connectivity index (χ4n) is 2.57. The minimum absolute atomic E-state index is 0.196. The van der Waals surface area contributed by atoms with Crippen LogP contribution in [-0.4, -0.2) is 62.0 Å². The van der Waals surface area contributed by atoms with Gasteiger partial charge in [0, 0.05) is 18.7 Å². The first kappa shape index (κ1) is 22.5. The van der Waals surface area contributed by atoms with Crippen LogP contribution in [0.5, 0.6) is 17.2 Å². The van der Waals surface area contributed by atoms with Gasteiger partial charge in [-0.3, -0.25) is 19.1 Å². The van der Waals surface area contributed by atoms with Crippen molar-refractivity contribution in [3.05, 3.63) is 29.5 Å². The monoisotopic (exact) mass is 420 g/mol. The zero-order valence-electron chi connectivity index (χ0n) is 17.4. The van der Waals surface area contributed by atoms with E-state index < -0.39 is 30.9 Å². The van der Waals surface area contributed by atoms with Gasteiger partial charge in [0.1, 0.15) is 12.4 Å². The van der Waals surface area contributed by atoms with Gasteiger partial charge in [-0.25, -0.2) is 0 Å². The molecule has 0 bridgehead atoms. The van der Waals surface area contributed by atoms with E-state index in [0.29, 0.717) is 23.1 Å². The van der Waals surface area contributed by atoms with Crippen molar-refractivity contribution in [3.63, 3.8) is 0 Å². The van der Waals surface area contributed by atoms with Crippen LogP contribution in [0.4, 0.5) is 5.82 Å². The summed E-state index contributed by atoms with van der Waals surface area (Å²) in [6, 6.07) is 4.58. The van der Waals surface area contributed by atoms with E-state index >= 15 is 0 Å². The lowest BCUT2D eigenvalue weighted by molar-refractivity contribution is -0.146. The number of carbonyl (C=O) groups is 3. The molecule has 30 heavy (non-hydrogen) atoms. The third kappa shape index (κ3) is 5.63. The summed E-state index contributed by atoms with van der Waals surface area (Å²) >= 11 is 0. The number of hydrogen-bond donors (Lipinski definition) is 2. The quantitative estimate of drug-likeness (QED) is 0.566. The van der Waals surface area contributed by atoms with Gasteiger partial charge in [0.25, 0.3) is 11.8 Å². The number of rotatable bonds is 9. The zero-order chi connectivity index (χ0) is 22.3. The molecule has 2 N–H and O–H groups in total. The minimum atomic E-state index is -0.771. The molecular formula is C19H24N4O7. The predicted molar refractivity (Wildman–Crippen MR) is 106 cm³/mol. The molecule has 2 rings (SSSR count). The Kier molecular flexibility index (Phi) is 7.62. The van der Waals surface area contributed by atoms with Crippen molar-refractivity contribution in [1.29, 1.82) is 0 Å². The second kappa shape index (κ2) is 10.1. The van der Waals surface area contributed by atoms with Gasteiger partial charge < -0.3 is 29.6 Å². The number of esters is 1. The number of hydrogen-bond acceptors (Lipinski definition) is 8. The first-order valence-electron chi connectivity index (χ1n) is 8.83. The third-order valence-corrected chi connectivity index (χ3v) is 3.95. The largest absolute Gasteiger partial charge is 0.493 e. The molecule has 11 heteroatoms. The fourth-order valence-corrected chi connectivity index (χ4v) is 2.57. The topological polar surface area (TPSA) is 130 Å². The van der Waals surface area contributed by atoms with Crippen LogP contribution in [0.15, 0.2) is 18.2 Å². The molecule has 2 amide bonds. The molecule has 0 saturated carbocycles. The van der Waals surface area contributed by atoms with E-state index in [2.05, 4.69) is 15.7 Å². The normalized spacial score (nSPS) is 10.2. The maximum Gasteiger partial charge on any atom is 0.325 e. The summed E-state index contributed by atoms with van der Waals surface area (Å²) < 4.78 is 21.9. The first-order chi connectivity index (χ1) is 14.3. The number of aromatic nitrogens is 2. The molecule has 1 aromatic heterocycles. The van der Waals surface area contributed by atoms with E-state index in [9.17, 15) is 14.4 Å². The maximum absolute atomic E-state index is 12.3. The van der Waals surface area contributed by atoms with Gasteiger partial charge >= 0.3 is 5.97 Å². The van der Waals surface area contributed by atoms with Crippen molar-refractivity contribution in [1.82, 2.24) is 15.1 Å².